The number of nitro groups is 1. The van der Waals surface area contributed by atoms with Crippen molar-refractivity contribution < 1.29 is 9.66 Å². The summed E-state index contributed by atoms with van der Waals surface area (Å²) >= 11 is 1.04. The Morgan fingerprint density at radius 1 is 1.61 bits per heavy atom. The van der Waals surface area contributed by atoms with Gasteiger partial charge in [0.25, 0.3) is 5.69 Å². The summed E-state index contributed by atoms with van der Waals surface area (Å²) in [4.78, 5) is 10.2. The minimum Gasteiger partial charge on any atom is -0.366 e. The highest BCUT2D eigenvalue weighted by Crippen LogP contribution is 2.20. The van der Waals surface area contributed by atoms with Gasteiger partial charge in [-0.15, -0.1) is 0 Å². The minimum absolute atomic E-state index is 0.0590. The smallest absolute Gasteiger partial charge is 0.269 e. The molecule has 0 bridgehead atoms. The van der Waals surface area contributed by atoms with Gasteiger partial charge in [0.15, 0.2) is 0 Å². The summed E-state index contributed by atoms with van der Waals surface area (Å²) in [7, 11) is 0. The van der Waals surface area contributed by atoms with Crippen molar-refractivity contribution in [1.29, 1.82) is 5.26 Å². The van der Waals surface area contributed by atoms with Gasteiger partial charge in [-0.2, -0.15) is 5.26 Å². The van der Waals surface area contributed by atoms with E-state index in [0.717, 1.165) is 23.7 Å². The zero-order chi connectivity index (χ0) is 13.4. The van der Waals surface area contributed by atoms with Crippen LogP contribution in [0.3, 0.4) is 0 Å². The molecule has 0 amide bonds. The number of non-ortho nitro benzene ring substituents is 1. The number of thioether (sulfide) groups is 1. The molecule has 6 heteroatoms. The number of rotatable bonds is 7. The Balaban J connectivity index is 2.71. The van der Waals surface area contributed by atoms with E-state index in [9.17, 15) is 10.1 Å². The van der Waals surface area contributed by atoms with Crippen LogP contribution in [0.5, 0.6) is 0 Å². The van der Waals surface area contributed by atoms with Crippen molar-refractivity contribution in [3.05, 3.63) is 39.9 Å². The molecule has 0 radical (unpaired) electrons. The third kappa shape index (κ3) is 4.73. The molecule has 0 heterocycles. The van der Waals surface area contributed by atoms with Crippen molar-refractivity contribution in [3.63, 3.8) is 0 Å². The van der Waals surface area contributed by atoms with Crippen LogP contribution in [0.1, 0.15) is 18.9 Å². The van der Waals surface area contributed by atoms with Crippen molar-refractivity contribution in [2.24, 2.45) is 0 Å². The van der Waals surface area contributed by atoms with Gasteiger partial charge in [0.1, 0.15) is 10.8 Å². The van der Waals surface area contributed by atoms with Gasteiger partial charge in [-0.1, -0.05) is 19.1 Å². The molecule has 0 aliphatic rings. The number of hydrogen-bond donors (Lipinski definition) is 0. The summed E-state index contributed by atoms with van der Waals surface area (Å²) in [5, 5.41) is 21.3. The Kier molecular flexibility index (Phi) is 6.19. The highest BCUT2D eigenvalue weighted by atomic mass is 32.2. The van der Waals surface area contributed by atoms with Gasteiger partial charge in [-0.3, -0.25) is 10.1 Å². The summed E-state index contributed by atoms with van der Waals surface area (Å²) in [6, 6.07) is 6.40. The summed E-state index contributed by atoms with van der Waals surface area (Å²) in [5.41, 5.74) is 0.578. The average molecular weight is 266 g/mol. The molecular formula is C12H14N2O3S. The molecule has 5 nitrogen and oxygen atoms in total. The Bertz CT molecular complexity index is 445. The molecule has 1 atom stereocenters. The highest BCUT2D eigenvalue weighted by Gasteiger charge is 2.13. The third-order valence-corrected chi connectivity index (χ3v) is 2.89. The standard InChI is InChI=1S/C12H14N2O3S/c1-2-6-17-12(18-9-13)8-10-4-3-5-11(7-10)14(15)16/h3-5,7,12H,2,6,8H2,1H3. The third-order valence-electron chi connectivity index (χ3n) is 2.22. The summed E-state index contributed by atoms with van der Waals surface area (Å²) in [6.07, 6.45) is 1.36. The van der Waals surface area contributed by atoms with Crippen LogP contribution in [0, 0.1) is 20.8 Å². The van der Waals surface area contributed by atoms with Crippen LogP contribution in [0.4, 0.5) is 5.69 Å². The molecule has 0 aliphatic heterocycles. The van der Waals surface area contributed by atoms with Crippen molar-refractivity contribution in [1.82, 2.24) is 0 Å². The lowest BCUT2D eigenvalue weighted by molar-refractivity contribution is -0.384. The fraction of sp³-hybridized carbons (Fsp3) is 0.417. The van der Waals surface area contributed by atoms with E-state index in [4.69, 9.17) is 10.00 Å². The largest absolute Gasteiger partial charge is 0.366 e. The number of benzene rings is 1. The van der Waals surface area contributed by atoms with Crippen LogP contribution >= 0.6 is 11.8 Å². The predicted molar refractivity (Wildman–Crippen MR) is 70.0 cm³/mol. The van der Waals surface area contributed by atoms with Crippen LogP contribution < -0.4 is 0 Å². The molecule has 1 aromatic carbocycles. The van der Waals surface area contributed by atoms with E-state index in [-0.39, 0.29) is 11.1 Å². The second kappa shape index (κ2) is 7.69. The first kappa shape index (κ1) is 14.5. The maximum Gasteiger partial charge on any atom is 0.269 e. The topological polar surface area (TPSA) is 76.2 Å². The predicted octanol–water partition coefficient (Wildman–Crippen LogP) is 3.10. The van der Waals surface area contributed by atoms with E-state index in [1.54, 1.807) is 12.1 Å². The molecule has 18 heavy (non-hydrogen) atoms. The van der Waals surface area contributed by atoms with E-state index < -0.39 is 4.92 Å². The zero-order valence-electron chi connectivity index (χ0n) is 10.0. The number of nitriles is 1. The number of thiocyanates is 1. The van der Waals surface area contributed by atoms with Crippen LogP contribution in [-0.4, -0.2) is 17.0 Å². The second-order valence-electron chi connectivity index (χ2n) is 3.64. The Morgan fingerprint density at radius 3 is 3.00 bits per heavy atom. The lowest BCUT2D eigenvalue weighted by Gasteiger charge is -2.13. The van der Waals surface area contributed by atoms with Crippen molar-refractivity contribution >= 4 is 17.4 Å². The molecule has 0 saturated heterocycles. The Hall–Kier alpha value is -1.58. The normalized spacial score (nSPS) is 11.8. The number of ether oxygens (including phenoxy) is 1. The quantitative estimate of drug-likeness (QED) is 0.328. The maximum absolute atomic E-state index is 10.7. The Morgan fingerprint density at radius 2 is 2.39 bits per heavy atom. The van der Waals surface area contributed by atoms with Gasteiger partial charge in [0.2, 0.25) is 0 Å². The zero-order valence-corrected chi connectivity index (χ0v) is 10.9. The average Bonchev–Trinajstić information content (AvgIpc) is 2.36. The molecule has 1 rings (SSSR count). The van der Waals surface area contributed by atoms with Crippen molar-refractivity contribution in [2.75, 3.05) is 6.61 Å². The highest BCUT2D eigenvalue weighted by molar-refractivity contribution is 8.04. The molecule has 0 fully saturated rings. The molecular weight excluding hydrogens is 252 g/mol. The molecule has 0 aliphatic carbocycles. The van der Waals surface area contributed by atoms with E-state index in [1.807, 2.05) is 12.3 Å². The van der Waals surface area contributed by atoms with Gasteiger partial charge in [0.05, 0.1) is 4.92 Å². The van der Waals surface area contributed by atoms with Gasteiger partial charge in [0, 0.05) is 25.2 Å². The summed E-state index contributed by atoms with van der Waals surface area (Å²) in [6.45, 7) is 2.57. The fourth-order valence-corrected chi connectivity index (χ4v) is 1.99. The van der Waals surface area contributed by atoms with E-state index >= 15 is 0 Å². The molecule has 1 aromatic rings. The Labute approximate surface area is 110 Å². The van der Waals surface area contributed by atoms with Gasteiger partial charge in [-0.25, -0.2) is 0 Å². The fourth-order valence-electron chi connectivity index (χ4n) is 1.43. The first-order chi connectivity index (χ1) is 8.67. The SMILES string of the molecule is CCCOC(Cc1cccc([N+](=O)[O-])c1)SC#N. The summed E-state index contributed by atoms with van der Waals surface area (Å²) < 4.78 is 5.51. The maximum atomic E-state index is 10.7. The lowest BCUT2D eigenvalue weighted by Crippen LogP contribution is -2.12. The molecule has 0 spiro atoms. The molecule has 0 N–H and O–H groups in total. The first-order valence-electron chi connectivity index (χ1n) is 5.57. The molecule has 0 aromatic heterocycles. The van der Waals surface area contributed by atoms with Crippen LogP contribution in [0.15, 0.2) is 24.3 Å². The van der Waals surface area contributed by atoms with Crippen molar-refractivity contribution in [3.8, 4) is 5.40 Å². The van der Waals surface area contributed by atoms with Crippen molar-refractivity contribution in [2.45, 2.75) is 25.2 Å². The number of hydrogen-bond acceptors (Lipinski definition) is 5. The number of nitro benzene ring substituents is 1. The van der Waals surface area contributed by atoms with E-state index in [1.165, 1.54) is 12.1 Å². The second-order valence-corrected chi connectivity index (χ2v) is 4.58. The first-order valence-corrected chi connectivity index (χ1v) is 6.45. The van der Waals surface area contributed by atoms with Gasteiger partial charge < -0.3 is 4.74 Å². The summed E-state index contributed by atoms with van der Waals surface area (Å²) in [5.74, 6) is 0. The van der Waals surface area contributed by atoms with Gasteiger partial charge in [-0.05, 0) is 23.7 Å². The van der Waals surface area contributed by atoms with Crippen LogP contribution in [0.2, 0.25) is 0 Å². The molecule has 96 valence electrons. The minimum atomic E-state index is -0.428. The molecule has 1 unspecified atom stereocenters. The molecule has 0 saturated carbocycles. The van der Waals surface area contributed by atoms with E-state index in [0.29, 0.717) is 13.0 Å². The van der Waals surface area contributed by atoms with E-state index in [2.05, 4.69) is 0 Å². The van der Waals surface area contributed by atoms with Crippen LogP contribution in [0.25, 0.3) is 0 Å². The number of nitrogens with zero attached hydrogens (tertiary/aromatic N) is 2. The monoisotopic (exact) mass is 266 g/mol. The lowest BCUT2D eigenvalue weighted by atomic mass is 10.1. The van der Waals surface area contributed by atoms with Crippen LogP contribution in [-0.2, 0) is 11.2 Å². The van der Waals surface area contributed by atoms with Gasteiger partial charge >= 0.3 is 0 Å².